The first-order chi connectivity index (χ1) is 8.22. The molecule has 0 aliphatic heterocycles. The standard InChI is InChI=1S/C14H17ClO2/c1-2-3-9-13(15)17-14(16)11-10-12-7-5-4-6-8-12/h4-8,10-11,13H,2-3,9H2,1H3/b11-10+. The fourth-order valence-corrected chi connectivity index (χ4v) is 1.56. The van der Waals surface area contributed by atoms with Crippen molar-refractivity contribution in [2.75, 3.05) is 0 Å². The van der Waals surface area contributed by atoms with Crippen LogP contribution in [0.2, 0.25) is 0 Å². The Bertz CT molecular complexity index is 360. The zero-order valence-corrected chi connectivity index (χ0v) is 10.7. The van der Waals surface area contributed by atoms with E-state index in [-0.39, 0.29) is 0 Å². The Balaban J connectivity index is 2.36. The monoisotopic (exact) mass is 252 g/mol. The van der Waals surface area contributed by atoms with Gasteiger partial charge in [-0.15, -0.1) is 0 Å². The molecular weight excluding hydrogens is 236 g/mol. The summed E-state index contributed by atoms with van der Waals surface area (Å²) in [4.78, 5) is 11.4. The lowest BCUT2D eigenvalue weighted by atomic mass is 10.2. The minimum atomic E-state index is -0.525. The number of carbonyl (C=O) groups is 1. The summed E-state index contributed by atoms with van der Waals surface area (Å²) >= 11 is 5.86. The van der Waals surface area contributed by atoms with Crippen LogP contribution in [0.5, 0.6) is 0 Å². The number of carbonyl (C=O) groups excluding carboxylic acids is 1. The van der Waals surface area contributed by atoms with Crippen LogP contribution in [0.25, 0.3) is 6.08 Å². The lowest BCUT2D eigenvalue weighted by Gasteiger charge is -2.08. The summed E-state index contributed by atoms with van der Waals surface area (Å²) in [7, 11) is 0. The first kappa shape index (κ1) is 13.8. The maximum Gasteiger partial charge on any atom is 0.332 e. The molecule has 0 N–H and O–H groups in total. The fourth-order valence-electron chi connectivity index (χ4n) is 1.32. The molecule has 0 aliphatic carbocycles. The normalized spacial score (nSPS) is 12.6. The van der Waals surface area contributed by atoms with Crippen LogP contribution < -0.4 is 0 Å². The van der Waals surface area contributed by atoms with E-state index in [9.17, 15) is 4.79 Å². The van der Waals surface area contributed by atoms with Gasteiger partial charge in [-0.1, -0.05) is 55.3 Å². The van der Waals surface area contributed by atoms with Gasteiger partial charge >= 0.3 is 5.97 Å². The molecule has 0 saturated carbocycles. The van der Waals surface area contributed by atoms with Crippen molar-refractivity contribution in [1.29, 1.82) is 0 Å². The SMILES string of the molecule is CCCCC(Cl)OC(=O)/C=C/c1ccccc1. The zero-order chi connectivity index (χ0) is 12.5. The van der Waals surface area contributed by atoms with Gasteiger partial charge in [0.05, 0.1) is 0 Å². The number of hydrogen-bond acceptors (Lipinski definition) is 2. The lowest BCUT2D eigenvalue weighted by Crippen LogP contribution is -2.10. The van der Waals surface area contributed by atoms with E-state index in [0.29, 0.717) is 6.42 Å². The maximum atomic E-state index is 11.4. The highest BCUT2D eigenvalue weighted by atomic mass is 35.5. The van der Waals surface area contributed by atoms with Gasteiger partial charge < -0.3 is 4.74 Å². The van der Waals surface area contributed by atoms with Crippen LogP contribution in [0.1, 0.15) is 31.7 Å². The van der Waals surface area contributed by atoms with Crippen molar-refractivity contribution in [1.82, 2.24) is 0 Å². The molecule has 0 spiro atoms. The quantitative estimate of drug-likeness (QED) is 0.435. The number of hydrogen-bond donors (Lipinski definition) is 0. The average Bonchev–Trinajstić information content (AvgIpc) is 2.35. The van der Waals surface area contributed by atoms with Crippen LogP contribution in [-0.2, 0) is 9.53 Å². The van der Waals surface area contributed by atoms with Crippen molar-refractivity contribution in [3.8, 4) is 0 Å². The third kappa shape index (κ3) is 6.12. The largest absolute Gasteiger partial charge is 0.443 e. The average molecular weight is 253 g/mol. The molecule has 0 bridgehead atoms. The minimum Gasteiger partial charge on any atom is -0.443 e. The maximum absolute atomic E-state index is 11.4. The molecule has 0 aromatic heterocycles. The predicted octanol–water partition coefficient (Wildman–Crippen LogP) is 4.00. The molecule has 1 rings (SSSR count). The van der Waals surface area contributed by atoms with Crippen LogP contribution in [0.4, 0.5) is 0 Å². The van der Waals surface area contributed by atoms with E-state index in [1.54, 1.807) is 6.08 Å². The number of benzene rings is 1. The topological polar surface area (TPSA) is 26.3 Å². The van der Waals surface area contributed by atoms with Crippen molar-refractivity contribution < 1.29 is 9.53 Å². The highest BCUT2D eigenvalue weighted by Crippen LogP contribution is 2.10. The molecule has 0 radical (unpaired) electrons. The first-order valence-corrected chi connectivity index (χ1v) is 6.24. The van der Waals surface area contributed by atoms with Crippen molar-refractivity contribution in [2.24, 2.45) is 0 Å². The van der Waals surface area contributed by atoms with Crippen LogP contribution in [0.15, 0.2) is 36.4 Å². The second-order valence-corrected chi connectivity index (χ2v) is 4.22. The number of halogens is 1. The smallest absolute Gasteiger partial charge is 0.332 e. The number of ether oxygens (including phenoxy) is 1. The van der Waals surface area contributed by atoms with Gasteiger partial charge in [0.25, 0.3) is 0 Å². The molecule has 0 aliphatic rings. The second kappa shape index (κ2) is 7.91. The Morgan fingerprint density at radius 2 is 2.12 bits per heavy atom. The van der Waals surface area contributed by atoms with E-state index in [1.165, 1.54) is 6.08 Å². The fraction of sp³-hybridized carbons (Fsp3) is 0.357. The summed E-state index contributed by atoms with van der Waals surface area (Å²) < 4.78 is 5.01. The van der Waals surface area contributed by atoms with Crippen molar-refractivity contribution in [3.63, 3.8) is 0 Å². The number of esters is 1. The summed E-state index contributed by atoms with van der Waals surface area (Å²) in [6.07, 6.45) is 5.82. The molecule has 0 amide bonds. The Morgan fingerprint density at radius 3 is 2.76 bits per heavy atom. The molecule has 1 aromatic carbocycles. The lowest BCUT2D eigenvalue weighted by molar-refractivity contribution is -0.139. The van der Waals surface area contributed by atoms with Gasteiger partial charge in [-0.3, -0.25) is 0 Å². The van der Waals surface area contributed by atoms with Gasteiger partial charge in [0.1, 0.15) is 0 Å². The highest BCUT2D eigenvalue weighted by Gasteiger charge is 2.07. The van der Waals surface area contributed by atoms with Gasteiger partial charge in [0.15, 0.2) is 5.56 Å². The summed E-state index contributed by atoms with van der Waals surface area (Å²) in [5.41, 5.74) is 0.437. The molecular formula is C14H17ClO2. The Kier molecular flexibility index (Phi) is 6.41. The summed E-state index contributed by atoms with van der Waals surface area (Å²) in [6, 6.07) is 9.58. The van der Waals surface area contributed by atoms with E-state index in [1.807, 2.05) is 30.3 Å². The number of unbranched alkanes of at least 4 members (excludes halogenated alkanes) is 1. The van der Waals surface area contributed by atoms with Crippen molar-refractivity contribution in [3.05, 3.63) is 42.0 Å². The van der Waals surface area contributed by atoms with Crippen molar-refractivity contribution in [2.45, 2.75) is 31.7 Å². The third-order valence-corrected chi connectivity index (χ3v) is 2.55. The van der Waals surface area contributed by atoms with Crippen LogP contribution >= 0.6 is 11.6 Å². The van der Waals surface area contributed by atoms with E-state index in [0.717, 1.165) is 18.4 Å². The summed E-state index contributed by atoms with van der Waals surface area (Å²) in [5.74, 6) is -0.398. The van der Waals surface area contributed by atoms with Gasteiger partial charge in [-0.2, -0.15) is 0 Å². The van der Waals surface area contributed by atoms with E-state index in [2.05, 4.69) is 6.92 Å². The van der Waals surface area contributed by atoms with Crippen LogP contribution in [-0.4, -0.2) is 11.5 Å². The number of alkyl halides is 1. The third-order valence-electron chi connectivity index (χ3n) is 2.24. The van der Waals surface area contributed by atoms with Gasteiger partial charge in [-0.05, 0) is 24.5 Å². The van der Waals surface area contributed by atoms with E-state index >= 15 is 0 Å². The van der Waals surface area contributed by atoms with Crippen LogP contribution in [0.3, 0.4) is 0 Å². The Morgan fingerprint density at radius 1 is 1.41 bits per heavy atom. The number of rotatable bonds is 6. The summed E-state index contributed by atoms with van der Waals surface area (Å²) in [5, 5.41) is 0. The minimum absolute atomic E-state index is 0.398. The van der Waals surface area contributed by atoms with Crippen LogP contribution in [0, 0.1) is 0 Å². The molecule has 1 aromatic rings. The zero-order valence-electron chi connectivity index (χ0n) is 9.93. The van der Waals surface area contributed by atoms with Crippen molar-refractivity contribution >= 4 is 23.6 Å². The second-order valence-electron chi connectivity index (χ2n) is 3.73. The van der Waals surface area contributed by atoms with E-state index in [4.69, 9.17) is 16.3 Å². The molecule has 1 unspecified atom stereocenters. The molecule has 2 nitrogen and oxygen atoms in total. The molecule has 0 saturated heterocycles. The van der Waals surface area contributed by atoms with Gasteiger partial charge in [-0.25, -0.2) is 4.79 Å². The predicted molar refractivity (Wildman–Crippen MR) is 70.7 cm³/mol. The highest BCUT2D eigenvalue weighted by molar-refractivity contribution is 6.20. The van der Waals surface area contributed by atoms with E-state index < -0.39 is 11.5 Å². The molecule has 3 heteroatoms. The molecule has 92 valence electrons. The first-order valence-electron chi connectivity index (χ1n) is 5.80. The molecule has 1 atom stereocenters. The van der Waals surface area contributed by atoms with Gasteiger partial charge in [0.2, 0.25) is 0 Å². The molecule has 0 heterocycles. The molecule has 17 heavy (non-hydrogen) atoms. The molecule has 0 fully saturated rings. The summed E-state index contributed by atoms with van der Waals surface area (Å²) in [6.45, 7) is 2.07. The van der Waals surface area contributed by atoms with Gasteiger partial charge in [0, 0.05) is 6.08 Å². The Hall–Kier alpha value is -1.28. The Labute approximate surface area is 107 Å².